The first kappa shape index (κ1) is 26.9. The van der Waals surface area contributed by atoms with Crippen molar-refractivity contribution >= 4 is 29.9 Å². The summed E-state index contributed by atoms with van der Waals surface area (Å²) in [4.78, 5) is 63.7. The summed E-state index contributed by atoms with van der Waals surface area (Å²) >= 11 is 0. The molecule has 0 aromatic rings. The summed E-state index contributed by atoms with van der Waals surface area (Å²) < 4.78 is 15.5. The topological polar surface area (TPSA) is 149 Å². The van der Waals surface area contributed by atoms with Crippen LogP contribution in [0.25, 0.3) is 0 Å². The van der Waals surface area contributed by atoms with Crippen LogP contribution in [0.3, 0.4) is 0 Å². The standard InChI is InChI=1S/C21H32N2O9/c1-9-30-16(27)21(10-14(24)25)15(26)12(2)13(11-22-17(28)31-19(3,4)5)23(21)18(29)32-20(6,7)8/h9-11H2,1-8H3,(H,22,28)(H,24,25)/t21-/m1/s1. The first-order valence-electron chi connectivity index (χ1n) is 10.1. The molecule has 0 aromatic heterocycles. The van der Waals surface area contributed by atoms with E-state index in [9.17, 15) is 29.1 Å². The predicted molar refractivity (Wildman–Crippen MR) is 112 cm³/mol. The first-order valence-corrected chi connectivity index (χ1v) is 10.1. The van der Waals surface area contributed by atoms with E-state index in [-0.39, 0.29) is 17.9 Å². The molecule has 180 valence electrons. The molecular weight excluding hydrogens is 424 g/mol. The lowest BCUT2D eigenvalue weighted by Crippen LogP contribution is -2.61. The highest BCUT2D eigenvalue weighted by molar-refractivity contribution is 6.22. The molecular formula is C21H32N2O9. The number of rotatable bonds is 6. The molecule has 32 heavy (non-hydrogen) atoms. The van der Waals surface area contributed by atoms with E-state index >= 15 is 0 Å². The maximum absolute atomic E-state index is 13.2. The van der Waals surface area contributed by atoms with E-state index in [4.69, 9.17) is 14.2 Å². The average molecular weight is 456 g/mol. The number of aliphatic carboxylic acids is 1. The van der Waals surface area contributed by atoms with Crippen LogP contribution in [0.1, 0.15) is 61.8 Å². The zero-order valence-corrected chi connectivity index (χ0v) is 19.8. The number of carboxylic acid groups (broad SMARTS) is 1. The fourth-order valence-electron chi connectivity index (χ4n) is 3.08. The highest BCUT2D eigenvalue weighted by atomic mass is 16.6. The molecule has 0 radical (unpaired) electrons. The molecule has 11 heteroatoms. The van der Waals surface area contributed by atoms with Gasteiger partial charge in [0.05, 0.1) is 25.3 Å². The van der Waals surface area contributed by atoms with Crippen molar-refractivity contribution in [3.63, 3.8) is 0 Å². The number of hydrogen-bond acceptors (Lipinski definition) is 8. The van der Waals surface area contributed by atoms with Crippen LogP contribution in [-0.2, 0) is 28.6 Å². The normalized spacial score (nSPS) is 19.0. The van der Waals surface area contributed by atoms with E-state index < -0.39 is 59.6 Å². The number of esters is 1. The van der Waals surface area contributed by atoms with Crippen molar-refractivity contribution in [3.8, 4) is 0 Å². The summed E-state index contributed by atoms with van der Waals surface area (Å²) in [7, 11) is 0. The smallest absolute Gasteiger partial charge is 0.416 e. The van der Waals surface area contributed by atoms with Crippen LogP contribution in [0.2, 0.25) is 0 Å². The summed E-state index contributed by atoms with van der Waals surface area (Å²) in [5.41, 5.74) is -4.50. The number of Topliss-reactive ketones (excluding diaryl/α,β-unsaturated/α-hetero) is 1. The van der Waals surface area contributed by atoms with Gasteiger partial charge in [-0.05, 0) is 55.4 Å². The van der Waals surface area contributed by atoms with Crippen molar-refractivity contribution in [3.05, 3.63) is 11.3 Å². The first-order chi connectivity index (χ1) is 14.5. The Hall–Kier alpha value is -3.11. The number of amides is 2. The van der Waals surface area contributed by atoms with Crippen LogP contribution in [0, 0.1) is 0 Å². The largest absolute Gasteiger partial charge is 0.481 e. The number of carbonyl (C=O) groups excluding carboxylic acids is 4. The molecule has 2 amide bonds. The molecule has 1 atom stereocenters. The number of nitrogens with zero attached hydrogens (tertiary/aromatic N) is 1. The lowest BCUT2D eigenvalue weighted by Gasteiger charge is -2.36. The fraction of sp³-hybridized carbons (Fsp3) is 0.667. The Morgan fingerprint density at radius 1 is 1.03 bits per heavy atom. The Morgan fingerprint density at radius 2 is 1.56 bits per heavy atom. The summed E-state index contributed by atoms with van der Waals surface area (Å²) in [6, 6.07) is 0. The van der Waals surface area contributed by atoms with Crippen molar-refractivity contribution in [2.75, 3.05) is 13.2 Å². The van der Waals surface area contributed by atoms with Gasteiger partial charge in [-0.15, -0.1) is 0 Å². The van der Waals surface area contributed by atoms with Crippen LogP contribution in [0.4, 0.5) is 9.59 Å². The minimum absolute atomic E-state index is 0.0822. The van der Waals surface area contributed by atoms with Gasteiger partial charge < -0.3 is 24.6 Å². The molecule has 0 fully saturated rings. The molecule has 0 aliphatic carbocycles. The molecule has 2 N–H and O–H groups in total. The Bertz CT molecular complexity index is 833. The molecule has 1 heterocycles. The van der Waals surface area contributed by atoms with Gasteiger partial charge in [-0.3, -0.25) is 14.5 Å². The maximum Gasteiger partial charge on any atom is 0.416 e. The van der Waals surface area contributed by atoms with Crippen molar-refractivity contribution in [2.24, 2.45) is 0 Å². The summed E-state index contributed by atoms with van der Waals surface area (Å²) in [5.74, 6) is -3.64. The average Bonchev–Trinajstić information content (AvgIpc) is 2.79. The van der Waals surface area contributed by atoms with E-state index in [2.05, 4.69) is 5.32 Å². The molecule has 0 spiro atoms. The lowest BCUT2D eigenvalue weighted by atomic mass is 9.88. The second-order valence-corrected chi connectivity index (χ2v) is 9.22. The molecule has 0 saturated carbocycles. The second kappa shape index (κ2) is 9.58. The van der Waals surface area contributed by atoms with E-state index in [1.807, 2.05) is 0 Å². The van der Waals surface area contributed by atoms with Crippen LogP contribution in [-0.4, -0.2) is 69.8 Å². The van der Waals surface area contributed by atoms with Gasteiger partial charge in [-0.2, -0.15) is 0 Å². The fourth-order valence-corrected chi connectivity index (χ4v) is 3.08. The van der Waals surface area contributed by atoms with Gasteiger partial charge in [0.2, 0.25) is 5.54 Å². The van der Waals surface area contributed by atoms with Crippen molar-refractivity contribution in [1.82, 2.24) is 10.2 Å². The highest BCUT2D eigenvalue weighted by Crippen LogP contribution is 2.39. The summed E-state index contributed by atoms with van der Waals surface area (Å²) in [5, 5.41) is 11.9. The van der Waals surface area contributed by atoms with Crippen molar-refractivity contribution < 1.29 is 43.3 Å². The molecule has 0 aromatic carbocycles. The van der Waals surface area contributed by atoms with Gasteiger partial charge in [-0.25, -0.2) is 14.4 Å². The number of alkyl carbamates (subject to hydrolysis) is 1. The quantitative estimate of drug-likeness (QED) is 0.349. The number of ketones is 1. The number of nitrogens with one attached hydrogen (secondary N) is 1. The minimum atomic E-state index is -2.50. The molecule has 1 aliphatic heterocycles. The van der Waals surface area contributed by atoms with Gasteiger partial charge >= 0.3 is 24.1 Å². The molecule has 1 rings (SSSR count). The van der Waals surface area contributed by atoms with Crippen LogP contribution in [0.5, 0.6) is 0 Å². The van der Waals surface area contributed by atoms with Gasteiger partial charge in [-0.1, -0.05) is 0 Å². The predicted octanol–water partition coefficient (Wildman–Crippen LogP) is 2.38. The maximum atomic E-state index is 13.2. The zero-order chi connectivity index (χ0) is 25.1. The van der Waals surface area contributed by atoms with Crippen molar-refractivity contribution in [1.29, 1.82) is 0 Å². The third kappa shape index (κ3) is 6.21. The molecule has 0 saturated heterocycles. The Kier molecular flexibility index (Phi) is 8.06. The third-order valence-electron chi connectivity index (χ3n) is 4.20. The van der Waals surface area contributed by atoms with Gasteiger partial charge in [0.15, 0.2) is 5.78 Å². The Labute approximate surface area is 187 Å². The Balaban J connectivity index is 3.52. The summed E-state index contributed by atoms with van der Waals surface area (Å²) in [6.45, 7) is 11.9. The molecule has 1 aliphatic rings. The highest BCUT2D eigenvalue weighted by Gasteiger charge is 2.62. The van der Waals surface area contributed by atoms with Crippen LogP contribution >= 0.6 is 0 Å². The third-order valence-corrected chi connectivity index (χ3v) is 4.20. The van der Waals surface area contributed by atoms with Gasteiger partial charge in [0.25, 0.3) is 0 Å². The minimum Gasteiger partial charge on any atom is -0.481 e. The lowest BCUT2D eigenvalue weighted by molar-refractivity contribution is -0.163. The SMILES string of the molecule is CCOC(=O)[C@@]1(CC(=O)O)C(=O)C(C)=C(CNC(=O)OC(C)(C)C)N1C(=O)OC(C)(C)C. The number of carbonyl (C=O) groups is 5. The van der Waals surface area contributed by atoms with E-state index in [0.717, 1.165) is 0 Å². The molecule has 11 nitrogen and oxygen atoms in total. The van der Waals surface area contributed by atoms with Crippen LogP contribution < -0.4 is 5.32 Å². The monoisotopic (exact) mass is 456 g/mol. The van der Waals surface area contributed by atoms with Crippen LogP contribution in [0.15, 0.2) is 11.3 Å². The van der Waals surface area contributed by atoms with Crippen molar-refractivity contribution in [2.45, 2.75) is 78.6 Å². The molecule has 0 unspecified atom stereocenters. The van der Waals surface area contributed by atoms with Gasteiger partial charge in [0.1, 0.15) is 11.2 Å². The van der Waals surface area contributed by atoms with E-state index in [1.54, 1.807) is 41.5 Å². The van der Waals surface area contributed by atoms with Gasteiger partial charge in [0, 0.05) is 5.57 Å². The number of carboxylic acids is 1. The summed E-state index contributed by atoms with van der Waals surface area (Å²) in [6.07, 6.45) is -3.00. The molecule has 0 bridgehead atoms. The zero-order valence-electron chi connectivity index (χ0n) is 19.8. The Morgan fingerprint density at radius 3 is 2.00 bits per heavy atom. The second-order valence-electron chi connectivity index (χ2n) is 9.22. The van der Waals surface area contributed by atoms with E-state index in [0.29, 0.717) is 4.90 Å². The number of ether oxygens (including phenoxy) is 3. The number of hydrogen-bond donors (Lipinski definition) is 2. The van der Waals surface area contributed by atoms with E-state index in [1.165, 1.54) is 13.8 Å².